The molecule has 2 amide bonds. The third-order valence-electron chi connectivity index (χ3n) is 5.69. The zero-order chi connectivity index (χ0) is 24.8. The van der Waals surface area contributed by atoms with Crippen LogP contribution in [-0.2, 0) is 22.7 Å². The summed E-state index contributed by atoms with van der Waals surface area (Å²) in [6, 6.07) is 16.3. The van der Waals surface area contributed by atoms with Crippen molar-refractivity contribution in [2.24, 2.45) is 5.92 Å². The highest BCUT2D eigenvalue weighted by Gasteiger charge is 2.32. The van der Waals surface area contributed by atoms with Crippen LogP contribution in [0.2, 0.25) is 0 Å². The number of hydrogen-bond acceptors (Lipinski definition) is 5. The number of nitrogens with one attached hydrogen (secondary N) is 1. The molecule has 9 heteroatoms. The Morgan fingerprint density at radius 2 is 1.86 bits per heavy atom. The Labute approximate surface area is 207 Å². The summed E-state index contributed by atoms with van der Waals surface area (Å²) in [6.45, 7) is 4.77. The summed E-state index contributed by atoms with van der Waals surface area (Å²) in [5.41, 5.74) is 2.14. The topological polar surface area (TPSA) is 80.1 Å². The summed E-state index contributed by atoms with van der Waals surface area (Å²) < 4.78 is 15.1. The smallest absolute Gasteiger partial charge is 0.248 e. The van der Waals surface area contributed by atoms with Gasteiger partial charge < -0.3 is 10.2 Å². The Bertz CT molecular complexity index is 1270. The lowest BCUT2D eigenvalue weighted by Gasteiger charge is -2.31. The fourth-order valence-corrected chi connectivity index (χ4v) is 4.65. The highest BCUT2D eigenvalue weighted by atomic mass is 32.1. The van der Waals surface area contributed by atoms with E-state index >= 15 is 0 Å². The zero-order valence-electron chi connectivity index (χ0n) is 19.7. The number of fused-ring (bicyclic) bond motifs is 1. The van der Waals surface area contributed by atoms with E-state index in [1.165, 1.54) is 28.2 Å². The van der Waals surface area contributed by atoms with Crippen molar-refractivity contribution in [1.29, 1.82) is 0 Å². The van der Waals surface area contributed by atoms with Gasteiger partial charge in [-0.1, -0.05) is 49.4 Å². The Kier molecular flexibility index (Phi) is 7.87. The number of amides is 2. The van der Waals surface area contributed by atoms with Crippen LogP contribution in [0.15, 0.2) is 66.0 Å². The number of carbonyl (C=O) groups is 2. The van der Waals surface area contributed by atoms with Gasteiger partial charge in [0.05, 0.1) is 5.52 Å². The molecule has 1 atom stereocenters. The first-order chi connectivity index (χ1) is 16.9. The van der Waals surface area contributed by atoms with E-state index in [-0.39, 0.29) is 30.7 Å². The summed E-state index contributed by atoms with van der Waals surface area (Å²) in [7, 11) is 0. The fourth-order valence-electron chi connectivity index (χ4n) is 3.81. The van der Waals surface area contributed by atoms with Crippen LogP contribution in [0.4, 0.5) is 4.39 Å². The number of para-hydroxylation sites is 1. The molecule has 0 aliphatic carbocycles. The summed E-state index contributed by atoms with van der Waals surface area (Å²) in [5.74, 6) is -0.454. The van der Waals surface area contributed by atoms with E-state index in [9.17, 15) is 14.0 Å². The number of carbonyl (C=O) groups excluding carboxylic acids is 2. The summed E-state index contributed by atoms with van der Waals surface area (Å²) in [6.07, 6.45) is 0.833. The number of rotatable bonds is 10. The number of halogens is 1. The van der Waals surface area contributed by atoms with E-state index in [0.717, 1.165) is 22.4 Å². The largest absolute Gasteiger partial charge is 0.354 e. The molecule has 0 fully saturated rings. The lowest BCUT2D eigenvalue weighted by Crippen LogP contribution is -2.44. The molecule has 182 valence electrons. The molecule has 0 aliphatic heterocycles. The normalized spacial score (nSPS) is 12.1. The second-order valence-electron chi connectivity index (χ2n) is 8.78. The third-order valence-corrected chi connectivity index (χ3v) is 6.61. The number of nitrogens with zero attached hydrogens (tertiary/aromatic N) is 4. The molecule has 35 heavy (non-hydrogen) atoms. The molecule has 2 heterocycles. The van der Waals surface area contributed by atoms with Gasteiger partial charge in [-0.25, -0.2) is 9.07 Å². The van der Waals surface area contributed by atoms with Crippen molar-refractivity contribution in [3.63, 3.8) is 0 Å². The van der Waals surface area contributed by atoms with E-state index in [2.05, 4.69) is 29.5 Å². The molecule has 1 N–H and O–H groups in total. The van der Waals surface area contributed by atoms with Crippen molar-refractivity contribution in [3.8, 4) is 0 Å². The third kappa shape index (κ3) is 6.10. The SMILES string of the molecule is CC(C)CCNC(=O)[C@@H](c1cccs1)N(Cc1ccc(F)cc1)C(=O)Cn1nnc2ccccc21. The van der Waals surface area contributed by atoms with E-state index in [0.29, 0.717) is 18.0 Å². The molecule has 4 rings (SSSR count). The lowest BCUT2D eigenvalue weighted by molar-refractivity contribution is -0.142. The van der Waals surface area contributed by atoms with Gasteiger partial charge in [-0.3, -0.25) is 9.59 Å². The quantitative estimate of drug-likeness (QED) is 0.351. The van der Waals surface area contributed by atoms with E-state index in [1.807, 2.05) is 41.8 Å². The predicted octanol–water partition coefficient (Wildman–Crippen LogP) is 4.56. The van der Waals surface area contributed by atoms with Crippen molar-refractivity contribution >= 4 is 34.2 Å². The number of hydrogen-bond donors (Lipinski definition) is 1. The number of benzene rings is 2. The maximum atomic E-state index is 13.7. The van der Waals surface area contributed by atoms with Gasteiger partial charge >= 0.3 is 0 Å². The fraction of sp³-hybridized carbons (Fsp3) is 0.308. The molecule has 7 nitrogen and oxygen atoms in total. The standard InChI is InChI=1S/C26H28FN5O2S/c1-18(2)13-14-28-26(34)25(23-8-5-15-35-23)31(16-19-9-11-20(27)12-10-19)24(33)17-32-22-7-4-3-6-21(22)29-30-32/h3-12,15,18,25H,13-14,16-17H2,1-2H3,(H,28,34)/t25-/m1/s1. The highest BCUT2D eigenvalue weighted by molar-refractivity contribution is 7.10. The zero-order valence-corrected chi connectivity index (χ0v) is 20.5. The van der Waals surface area contributed by atoms with Crippen molar-refractivity contribution in [2.75, 3.05) is 6.54 Å². The first-order valence-electron chi connectivity index (χ1n) is 11.6. The average molecular weight is 494 g/mol. The minimum Gasteiger partial charge on any atom is -0.354 e. The lowest BCUT2D eigenvalue weighted by atomic mass is 10.1. The van der Waals surface area contributed by atoms with Crippen LogP contribution in [0, 0.1) is 11.7 Å². The van der Waals surface area contributed by atoms with Crippen LogP contribution in [0.25, 0.3) is 11.0 Å². The van der Waals surface area contributed by atoms with E-state index in [4.69, 9.17) is 0 Å². The Morgan fingerprint density at radius 3 is 2.57 bits per heavy atom. The first kappa shape index (κ1) is 24.5. The second-order valence-corrected chi connectivity index (χ2v) is 9.75. The molecule has 0 saturated carbocycles. The van der Waals surface area contributed by atoms with Crippen molar-refractivity contribution in [2.45, 2.75) is 39.4 Å². The molecule has 2 aromatic carbocycles. The molecule has 0 saturated heterocycles. The molecule has 4 aromatic rings. The predicted molar refractivity (Wildman–Crippen MR) is 134 cm³/mol. The molecule has 0 unspecified atom stereocenters. The van der Waals surface area contributed by atoms with Crippen LogP contribution in [-0.4, -0.2) is 38.3 Å². The average Bonchev–Trinajstić information content (AvgIpc) is 3.50. The maximum absolute atomic E-state index is 13.7. The Hall–Kier alpha value is -3.59. The van der Waals surface area contributed by atoms with Crippen LogP contribution < -0.4 is 5.32 Å². The van der Waals surface area contributed by atoms with Crippen molar-refractivity contribution in [3.05, 3.63) is 82.3 Å². The van der Waals surface area contributed by atoms with Crippen LogP contribution >= 0.6 is 11.3 Å². The van der Waals surface area contributed by atoms with Gasteiger partial charge in [-0.2, -0.15) is 0 Å². The second kappa shape index (κ2) is 11.2. The highest BCUT2D eigenvalue weighted by Crippen LogP contribution is 2.28. The van der Waals surface area contributed by atoms with Gasteiger partial charge in [0.1, 0.15) is 23.9 Å². The van der Waals surface area contributed by atoms with Gasteiger partial charge in [0, 0.05) is 18.0 Å². The van der Waals surface area contributed by atoms with Crippen molar-refractivity contribution in [1.82, 2.24) is 25.2 Å². The Morgan fingerprint density at radius 1 is 1.09 bits per heavy atom. The van der Waals surface area contributed by atoms with Crippen LogP contribution in [0.3, 0.4) is 0 Å². The van der Waals surface area contributed by atoms with E-state index < -0.39 is 6.04 Å². The summed E-state index contributed by atoms with van der Waals surface area (Å²) in [5, 5.41) is 13.2. The molecule has 2 aromatic heterocycles. The first-order valence-corrected chi connectivity index (χ1v) is 12.4. The molecule has 0 aliphatic rings. The number of thiophene rings is 1. The van der Waals surface area contributed by atoms with Gasteiger partial charge in [-0.15, -0.1) is 16.4 Å². The Balaban J connectivity index is 1.66. The van der Waals surface area contributed by atoms with E-state index in [1.54, 1.807) is 17.0 Å². The van der Waals surface area contributed by atoms with Gasteiger partial charge in [0.2, 0.25) is 11.8 Å². The minimum atomic E-state index is -0.825. The van der Waals surface area contributed by atoms with Crippen molar-refractivity contribution < 1.29 is 14.0 Å². The molecular formula is C26H28FN5O2S. The summed E-state index contributed by atoms with van der Waals surface area (Å²) in [4.78, 5) is 29.5. The molecular weight excluding hydrogens is 465 g/mol. The number of aromatic nitrogens is 3. The van der Waals surface area contributed by atoms with Crippen LogP contribution in [0.1, 0.15) is 36.8 Å². The summed E-state index contributed by atoms with van der Waals surface area (Å²) >= 11 is 1.42. The maximum Gasteiger partial charge on any atom is 0.248 e. The van der Waals surface area contributed by atoms with Gasteiger partial charge in [0.15, 0.2) is 0 Å². The van der Waals surface area contributed by atoms with Crippen LogP contribution in [0.5, 0.6) is 0 Å². The molecule has 0 radical (unpaired) electrons. The monoisotopic (exact) mass is 493 g/mol. The van der Waals surface area contributed by atoms with Gasteiger partial charge in [-0.05, 0) is 53.6 Å². The molecule has 0 spiro atoms. The molecule has 0 bridgehead atoms. The van der Waals surface area contributed by atoms with Gasteiger partial charge in [0.25, 0.3) is 0 Å². The minimum absolute atomic E-state index is 0.0805.